The Balaban J connectivity index is 1.82. The Morgan fingerprint density at radius 1 is 1.14 bits per heavy atom. The highest BCUT2D eigenvalue weighted by molar-refractivity contribution is 8.68. The van der Waals surface area contributed by atoms with Crippen LogP contribution in [0.3, 0.4) is 0 Å². The molecule has 1 heterocycles. The van der Waals surface area contributed by atoms with E-state index in [0.717, 1.165) is 31.2 Å². The maximum Gasteiger partial charge on any atom is 0.326 e. The van der Waals surface area contributed by atoms with Crippen molar-refractivity contribution in [2.75, 3.05) is 5.75 Å². The van der Waals surface area contributed by atoms with Crippen LogP contribution in [0.1, 0.15) is 55.5 Å². The van der Waals surface area contributed by atoms with Crippen molar-refractivity contribution in [1.82, 2.24) is 10.2 Å². The van der Waals surface area contributed by atoms with E-state index in [-0.39, 0.29) is 29.7 Å². The van der Waals surface area contributed by atoms with Crippen LogP contribution in [0.4, 0.5) is 0 Å². The number of rotatable bonds is 13. The number of thioether (sulfide) groups is 1. The number of hydrogen-bond donors (Lipinski definition) is 4. The van der Waals surface area contributed by atoms with Gasteiger partial charge in [0.2, 0.25) is 11.8 Å². The molecule has 2 unspecified atom stereocenters. The number of hydrogen-bond acceptors (Lipinski definition) is 7. The Morgan fingerprint density at radius 3 is 2.49 bits per heavy atom. The Morgan fingerprint density at radius 2 is 1.84 bits per heavy atom. The minimum absolute atomic E-state index is 0.00781. The smallest absolute Gasteiger partial charge is 0.326 e. The van der Waals surface area contributed by atoms with E-state index in [9.17, 15) is 24.6 Å². The van der Waals surface area contributed by atoms with Gasteiger partial charge in [0.05, 0.1) is 0 Å². The average molecular weight is 563 g/mol. The summed E-state index contributed by atoms with van der Waals surface area (Å²) in [6.07, 6.45) is 4.32. The molecule has 0 bridgehead atoms. The van der Waals surface area contributed by atoms with Gasteiger partial charge in [-0.25, -0.2) is 4.79 Å². The van der Waals surface area contributed by atoms with Crippen molar-refractivity contribution >= 4 is 52.0 Å². The molecular formula is C27H34N2O5S3. The molecule has 2 amide bonds. The van der Waals surface area contributed by atoms with Crippen LogP contribution in [0.25, 0.3) is 0 Å². The predicted octanol–water partition coefficient (Wildman–Crippen LogP) is 5.06. The van der Waals surface area contributed by atoms with Crippen molar-refractivity contribution < 1.29 is 24.6 Å². The SMILES string of the molecule is CCCCCC(CC(=O)N1[C@@H](c2ccccc2O)SC[C@H]1C(=O)NC(Cc1ccccc1)C(=O)O)SS. The Labute approximate surface area is 231 Å². The van der Waals surface area contributed by atoms with Gasteiger partial charge in [-0.3, -0.25) is 9.59 Å². The molecule has 7 nitrogen and oxygen atoms in total. The fraction of sp³-hybridized carbons (Fsp3) is 0.444. The van der Waals surface area contributed by atoms with Crippen LogP contribution in [0.2, 0.25) is 0 Å². The third kappa shape index (κ3) is 8.09. The van der Waals surface area contributed by atoms with Crippen LogP contribution >= 0.6 is 34.2 Å². The molecule has 0 saturated carbocycles. The van der Waals surface area contributed by atoms with E-state index in [1.54, 1.807) is 24.3 Å². The number of carbonyl (C=O) groups is 3. The van der Waals surface area contributed by atoms with Crippen molar-refractivity contribution in [2.24, 2.45) is 0 Å². The lowest BCUT2D eigenvalue weighted by molar-refractivity contribution is -0.144. The molecule has 0 aliphatic carbocycles. The second-order valence-corrected chi connectivity index (χ2v) is 11.7. The molecule has 4 atom stereocenters. The van der Waals surface area contributed by atoms with E-state index in [2.05, 4.69) is 23.9 Å². The molecule has 10 heteroatoms. The number of amides is 2. The van der Waals surface area contributed by atoms with Crippen LogP contribution in [-0.2, 0) is 20.8 Å². The molecule has 0 aromatic heterocycles. The van der Waals surface area contributed by atoms with Gasteiger partial charge in [-0.15, -0.1) is 23.4 Å². The summed E-state index contributed by atoms with van der Waals surface area (Å²) in [5.41, 5.74) is 1.34. The summed E-state index contributed by atoms with van der Waals surface area (Å²) >= 11 is 5.77. The summed E-state index contributed by atoms with van der Waals surface area (Å²) in [7, 11) is 1.35. The number of phenols is 1. The van der Waals surface area contributed by atoms with Crippen LogP contribution in [0.15, 0.2) is 54.6 Å². The number of aliphatic carboxylic acids is 1. The highest BCUT2D eigenvalue weighted by Crippen LogP contribution is 2.45. The number of nitrogens with one attached hydrogen (secondary N) is 1. The van der Waals surface area contributed by atoms with E-state index >= 15 is 0 Å². The molecule has 3 N–H and O–H groups in total. The molecule has 1 fully saturated rings. The molecule has 0 radical (unpaired) electrons. The summed E-state index contributed by atoms with van der Waals surface area (Å²) in [5.74, 6) is -1.52. The number of aromatic hydroxyl groups is 1. The van der Waals surface area contributed by atoms with Gasteiger partial charge in [0, 0.05) is 29.4 Å². The van der Waals surface area contributed by atoms with Gasteiger partial charge < -0.3 is 20.4 Å². The Kier molecular flexibility index (Phi) is 11.5. The summed E-state index contributed by atoms with van der Waals surface area (Å²) < 4.78 is 0. The van der Waals surface area contributed by atoms with Crippen LogP contribution in [0, 0.1) is 0 Å². The number of nitrogens with zero attached hydrogens (tertiary/aromatic N) is 1. The second-order valence-electron chi connectivity index (χ2n) is 9.08. The zero-order valence-electron chi connectivity index (χ0n) is 20.8. The van der Waals surface area contributed by atoms with Gasteiger partial charge in [-0.2, -0.15) is 0 Å². The molecule has 3 rings (SSSR count). The first-order valence-corrected chi connectivity index (χ1v) is 15.4. The van der Waals surface area contributed by atoms with Crippen LogP contribution in [0.5, 0.6) is 5.75 Å². The van der Waals surface area contributed by atoms with Gasteiger partial charge in [-0.1, -0.05) is 85.5 Å². The number of unbranched alkanes of at least 4 members (excludes halogenated alkanes) is 2. The van der Waals surface area contributed by atoms with Gasteiger partial charge in [0.1, 0.15) is 23.2 Å². The lowest BCUT2D eigenvalue weighted by atomic mass is 10.0. The predicted molar refractivity (Wildman–Crippen MR) is 153 cm³/mol. The topological polar surface area (TPSA) is 107 Å². The lowest BCUT2D eigenvalue weighted by Gasteiger charge is -2.31. The number of benzene rings is 2. The van der Waals surface area contributed by atoms with E-state index in [1.807, 2.05) is 30.3 Å². The monoisotopic (exact) mass is 562 g/mol. The van der Waals surface area contributed by atoms with E-state index in [0.29, 0.717) is 11.3 Å². The number of carbonyl (C=O) groups excluding carboxylic acids is 2. The molecule has 37 heavy (non-hydrogen) atoms. The average Bonchev–Trinajstić information content (AvgIpc) is 3.34. The summed E-state index contributed by atoms with van der Waals surface area (Å²) in [6, 6.07) is 13.9. The second kappa shape index (κ2) is 14.6. The van der Waals surface area contributed by atoms with Gasteiger partial charge in [-0.05, 0) is 18.1 Å². The fourth-order valence-electron chi connectivity index (χ4n) is 4.38. The molecule has 1 aliphatic rings. The molecule has 200 valence electrons. The number of phenolic OH excluding ortho intramolecular Hbond substituents is 1. The number of thiol groups is 1. The first-order valence-electron chi connectivity index (χ1n) is 12.4. The Bertz CT molecular complexity index is 1060. The summed E-state index contributed by atoms with van der Waals surface area (Å²) in [6.45, 7) is 2.12. The van der Waals surface area contributed by atoms with Crippen LogP contribution < -0.4 is 5.32 Å². The number of carboxylic acid groups (broad SMARTS) is 1. The van der Waals surface area contributed by atoms with E-state index in [1.165, 1.54) is 27.5 Å². The molecule has 1 saturated heterocycles. The number of para-hydroxylation sites is 1. The highest BCUT2D eigenvalue weighted by Gasteiger charge is 2.44. The normalized spacial score (nSPS) is 18.8. The molecule has 0 spiro atoms. The minimum Gasteiger partial charge on any atom is -0.508 e. The molecular weight excluding hydrogens is 529 g/mol. The van der Waals surface area contributed by atoms with Crippen molar-refractivity contribution in [2.45, 2.75) is 68.2 Å². The summed E-state index contributed by atoms with van der Waals surface area (Å²) in [5, 5.41) is 22.4. The maximum absolute atomic E-state index is 13.7. The van der Waals surface area contributed by atoms with Crippen molar-refractivity contribution in [3.05, 3.63) is 65.7 Å². The minimum atomic E-state index is -1.14. The van der Waals surface area contributed by atoms with E-state index < -0.39 is 29.3 Å². The quantitative estimate of drug-likeness (QED) is 0.154. The van der Waals surface area contributed by atoms with Gasteiger partial charge in [0.25, 0.3) is 0 Å². The Hall–Kier alpha value is -2.30. The third-order valence-corrected chi connectivity index (χ3v) is 9.27. The highest BCUT2D eigenvalue weighted by atomic mass is 33.1. The third-order valence-electron chi connectivity index (χ3n) is 6.37. The zero-order chi connectivity index (χ0) is 26.8. The molecule has 2 aromatic carbocycles. The lowest BCUT2D eigenvalue weighted by Crippen LogP contribution is -2.53. The van der Waals surface area contributed by atoms with Crippen molar-refractivity contribution in [1.29, 1.82) is 0 Å². The first kappa shape index (κ1) is 29.3. The molecule has 2 aromatic rings. The molecule has 1 aliphatic heterocycles. The van der Waals surface area contributed by atoms with Gasteiger partial charge >= 0.3 is 5.97 Å². The van der Waals surface area contributed by atoms with Crippen LogP contribution in [-0.4, -0.2) is 56.0 Å². The van der Waals surface area contributed by atoms with E-state index in [4.69, 9.17) is 0 Å². The van der Waals surface area contributed by atoms with Gasteiger partial charge in [0.15, 0.2) is 0 Å². The largest absolute Gasteiger partial charge is 0.508 e. The standard InChI is InChI=1S/C27H34N2O5S3/c1-2-3-5-12-19(37-35)16-24(31)29-22(17-36-26(29)20-13-8-9-14-23(20)30)25(32)28-21(27(33)34)15-18-10-6-4-7-11-18/h4,6-11,13-14,19,21-22,26,30,35H,2-3,5,12,15-17H2,1H3,(H,28,32)(H,33,34)/t19?,21?,22-,26+/m0/s1. The first-order chi connectivity index (χ1) is 17.8. The van der Waals surface area contributed by atoms with Crippen molar-refractivity contribution in [3.63, 3.8) is 0 Å². The summed E-state index contributed by atoms with van der Waals surface area (Å²) in [4.78, 5) is 40.6. The van der Waals surface area contributed by atoms with Crippen molar-refractivity contribution in [3.8, 4) is 5.75 Å². The maximum atomic E-state index is 13.7. The zero-order valence-corrected chi connectivity index (χ0v) is 23.3. The number of carboxylic acids is 1. The fourth-order valence-corrected chi connectivity index (χ4v) is 6.89.